The van der Waals surface area contributed by atoms with Crippen molar-refractivity contribution in [1.29, 1.82) is 0 Å². The van der Waals surface area contributed by atoms with Crippen LogP contribution in [-0.2, 0) is 6.42 Å². The Kier molecular flexibility index (Phi) is 2.93. The van der Waals surface area contributed by atoms with Gasteiger partial charge in [-0.25, -0.2) is 0 Å². The van der Waals surface area contributed by atoms with Gasteiger partial charge in [-0.15, -0.1) is 11.3 Å². The third-order valence-corrected chi connectivity index (χ3v) is 3.07. The molecule has 0 N–H and O–H groups in total. The molecule has 1 heterocycles. The summed E-state index contributed by atoms with van der Waals surface area (Å²) in [6.45, 7) is 4.34. The van der Waals surface area contributed by atoms with Crippen molar-refractivity contribution < 1.29 is 0 Å². The van der Waals surface area contributed by atoms with Crippen LogP contribution >= 0.6 is 27.3 Å². The number of thiophene rings is 1. The first-order valence-corrected chi connectivity index (χ1v) is 5.29. The van der Waals surface area contributed by atoms with Gasteiger partial charge >= 0.3 is 0 Å². The van der Waals surface area contributed by atoms with E-state index < -0.39 is 0 Å². The van der Waals surface area contributed by atoms with Crippen LogP contribution in [0.5, 0.6) is 0 Å². The number of halogens is 1. The molecule has 2 heteroatoms. The molecule has 1 aromatic rings. The van der Waals surface area contributed by atoms with E-state index in [-0.39, 0.29) is 0 Å². The zero-order valence-electron chi connectivity index (χ0n) is 6.28. The molecule has 0 unspecified atom stereocenters. The predicted molar refractivity (Wildman–Crippen MR) is 51.3 cm³/mol. The molecule has 0 amide bonds. The summed E-state index contributed by atoms with van der Waals surface area (Å²) < 4.78 is 0. The minimum atomic E-state index is 1.08. The van der Waals surface area contributed by atoms with Crippen molar-refractivity contribution in [1.82, 2.24) is 0 Å². The molecular weight excluding hydrogens is 208 g/mol. The summed E-state index contributed by atoms with van der Waals surface area (Å²) in [6.07, 6.45) is 1.17. The third-order valence-electron chi connectivity index (χ3n) is 1.47. The van der Waals surface area contributed by atoms with E-state index in [2.05, 4.69) is 35.8 Å². The maximum absolute atomic E-state index is 3.44. The van der Waals surface area contributed by atoms with Gasteiger partial charge < -0.3 is 0 Å². The Morgan fingerprint density at radius 3 is 2.60 bits per heavy atom. The first-order valence-electron chi connectivity index (χ1n) is 3.36. The van der Waals surface area contributed by atoms with Crippen molar-refractivity contribution in [2.24, 2.45) is 0 Å². The van der Waals surface area contributed by atoms with Gasteiger partial charge in [-0.1, -0.05) is 15.9 Å². The summed E-state index contributed by atoms with van der Waals surface area (Å²) in [4.78, 5) is 2.95. The molecule has 0 saturated carbocycles. The molecule has 0 aliphatic carbocycles. The second kappa shape index (κ2) is 3.54. The Bertz CT molecular complexity index is 215. The standard InChI is InChI=1S/C8H11BrS/c1-6-5-7(2)10-8(6)3-4-9/h5H,3-4H2,1-2H3. The molecule has 0 aliphatic heterocycles. The van der Waals surface area contributed by atoms with Crippen molar-refractivity contribution in [2.75, 3.05) is 5.33 Å². The molecule has 0 spiro atoms. The monoisotopic (exact) mass is 218 g/mol. The molecule has 0 saturated heterocycles. The molecule has 0 bridgehead atoms. The highest BCUT2D eigenvalue weighted by Gasteiger charge is 2.00. The maximum Gasteiger partial charge on any atom is 0.00855 e. The lowest BCUT2D eigenvalue weighted by Gasteiger charge is -1.91. The van der Waals surface area contributed by atoms with Gasteiger partial charge in [0.1, 0.15) is 0 Å². The van der Waals surface area contributed by atoms with E-state index >= 15 is 0 Å². The molecule has 0 atom stereocenters. The first kappa shape index (κ1) is 8.28. The van der Waals surface area contributed by atoms with E-state index in [1.807, 2.05) is 11.3 Å². The summed E-state index contributed by atoms with van der Waals surface area (Å²) in [5.74, 6) is 0. The highest BCUT2D eigenvalue weighted by molar-refractivity contribution is 9.09. The Labute approximate surface area is 74.4 Å². The summed E-state index contributed by atoms with van der Waals surface area (Å²) in [7, 11) is 0. The smallest absolute Gasteiger partial charge is 0.00855 e. The van der Waals surface area contributed by atoms with Crippen molar-refractivity contribution in [3.63, 3.8) is 0 Å². The second-order valence-electron chi connectivity index (χ2n) is 2.40. The van der Waals surface area contributed by atoms with E-state index in [0.717, 1.165) is 5.33 Å². The molecule has 0 nitrogen and oxygen atoms in total. The van der Waals surface area contributed by atoms with Crippen molar-refractivity contribution >= 4 is 27.3 Å². The van der Waals surface area contributed by atoms with Crippen LogP contribution in [0.15, 0.2) is 6.07 Å². The molecule has 0 aromatic carbocycles. The molecule has 1 aromatic heterocycles. The van der Waals surface area contributed by atoms with Crippen LogP contribution in [0, 0.1) is 13.8 Å². The van der Waals surface area contributed by atoms with Gasteiger partial charge in [0.15, 0.2) is 0 Å². The Balaban J connectivity index is 2.81. The molecule has 10 heavy (non-hydrogen) atoms. The first-order chi connectivity index (χ1) is 4.74. The van der Waals surface area contributed by atoms with E-state index in [4.69, 9.17) is 0 Å². The highest BCUT2D eigenvalue weighted by atomic mass is 79.9. The van der Waals surface area contributed by atoms with Gasteiger partial charge in [0.25, 0.3) is 0 Å². The summed E-state index contributed by atoms with van der Waals surface area (Å²) >= 11 is 5.35. The molecular formula is C8H11BrS. The average Bonchev–Trinajstić information content (AvgIpc) is 2.13. The average molecular weight is 219 g/mol. The summed E-state index contributed by atoms with van der Waals surface area (Å²) in [5, 5.41) is 1.08. The van der Waals surface area contributed by atoms with E-state index in [9.17, 15) is 0 Å². The zero-order chi connectivity index (χ0) is 7.56. The zero-order valence-corrected chi connectivity index (χ0v) is 8.68. The van der Waals surface area contributed by atoms with Crippen LogP contribution in [0.2, 0.25) is 0 Å². The lowest BCUT2D eigenvalue weighted by atomic mass is 10.2. The van der Waals surface area contributed by atoms with Crippen molar-refractivity contribution in [3.8, 4) is 0 Å². The van der Waals surface area contributed by atoms with Crippen LogP contribution in [0.25, 0.3) is 0 Å². The van der Waals surface area contributed by atoms with Gasteiger partial charge in [0.2, 0.25) is 0 Å². The lowest BCUT2D eigenvalue weighted by Crippen LogP contribution is -1.81. The number of alkyl halides is 1. The van der Waals surface area contributed by atoms with Gasteiger partial charge in [-0.05, 0) is 31.9 Å². The molecule has 56 valence electrons. The number of rotatable bonds is 2. The number of hydrogen-bond donors (Lipinski definition) is 0. The molecule has 1 rings (SSSR count). The van der Waals surface area contributed by atoms with Gasteiger partial charge in [-0.2, -0.15) is 0 Å². The van der Waals surface area contributed by atoms with Crippen molar-refractivity contribution in [2.45, 2.75) is 20.3 Å². The van der Waals surface area contributed by atoms with Crippen LogP contribution in [-0.4, -0.2) is 5.33 Å². The number of aryl methyl sites for hydroxylation is 3. The lowest BCUT2D eigenvalue weighted by molar-refractivity contribution is 1.19. The fraction of sp³-hybridized carbons (Fsp3) is 0.500. The van der Waals surface area contributed by atoms with E-state index in [0.29, 0.717) is 0 Å². The quantitative estimate of drug-likeness (QED) is 0.669. The fourth-order valence-corrected chi connectivity index (χ4v) is 2.73. The summed E-state index contributed by atoms with van der Waals surface area (Å²) in [6, 6.07) is 2.25. The van der Waals surface area contributed by atoms with E-state index in [1.54, 1.807) is 0 Å². The SMILES string of the molecule is Cc1cc(C)c(CCBr)s1. The topological polar surface area (TPSA) is 0 Å². The molecule has 0 fully saturated rings. The fourth-order valence-electron chi connectivity index (χ4n) is 1.02. The van der Waals surface area contributed by atoms with Crippen LogP contribution in [0.4, 0.5) is 0 Å². The largest absolute Gasteiger partial charge is 0.145 e. The third kappa shape index (κ3) is 1.83. The molecule has 0 aliphatic rings. The van der Waals surface area contributed by atoms with Gasteiger partial charge in [-0.3, -0.25) is 0 Å². The van der Waals surface area contributed by atoms with Crippen LogP contribution < -0.4 is 0 Å². The van der Waals surface area contributed by atoms with Gasteiger partial charge in [0.05, 0.1) is 0 Å². The number of hydrogen-bond acceptors (Lipinski definition) is 1. The minimum Gasteiger partial charge on any atom is -0.145 e. The second-order valence-corrected chi connectivity index (χ2v) is 4.54. The minimum absolute atomic E-state index is 1.08. The highest BCUT2D eigenvalue weighted by Crippen LogP contribution is 2.21. The Hall–Kier alpha value is 0.180. The normalized spacial score (nSPS) is 10.3. The van der Waals surface area contributed by atoms with Crippen LogP contribution in [0.3, 0.4) is 0 Å². The Morgan fingerprint density at radius 2 is 2.20 bits per heavy atom. The van der Waals surface area contributed by atoms with Gasteiger partial charge in [0, 0.05) is 15.1 Å². The maximum atomic E-state index is 3.44. The van der Waals surface area contributed by atoms with Crippen molar-refractivity contribution in [3.05, 3.63) is 21.4 Å². The predicted octanol–water partition coefficient (Wildman–Crippen LogP) is 3.30. The molecule has 0 radical (unpaired) electrons. The van der Waals surface area contributed by atoms with Crippen LogP contribution in [0.1, 0.15) is 15.3 Å². The summed E-state index contributed by atoms with van der Waals surface area (Å²) in [5.41, 5.74) is 1.45. The Morgan fingerprint density at radius 1 is 1.50 bits per heavy atom. The van der Waals surface area contributed by atoms with E-state index in [1.165, 1.54) is 21.7 Å².